The summed E-state index contributed by atoms with van der Waals surface area (Å²) in [6.07, 6.45) is 0.592. The highest BCUT2D eigenvalue weighted by molar-refractivity contribution is 5.86. The Morgan fingerprint density at radius 2 is 2.07 bits per heavy atom. The van der Waals surface area contributed by atoms with Gasteiger partial charge < -0.3 is 19.9 Å². The van der Waals surface area contributed by atoms with E-state index >= 15 is 0 Å². The third-order valence-corrected chi connectivity index (χ3v) is 4.70. The van der Waals surface area contributed by atoms with Crippen molar-refractivity contribution >= 4 is 12.0 Å². The number of nitrogens with one attached hydrogen (secondary N) is 1. The maximum absolute atomic E-state index is 12.9. The van der Waals surface area contributed by atoms with E-state index in [0.29, 0.717) is 37.3 Å². The highest BCUT2D eigenvalue weighted by atomic mass is 16.6. The van der Waals surface area contributed by atoms with E-state index in [1.807, 2.05) is 30.3 Å². The number of carbonyl (C=O) groups is 2. The fourth-order valence-electron chi connectivity index (χ4n) is 3.15. The molecular weight excluding hydrogens is 360 g/mol. The summed E-state index contributed by atoms with van der Waals surface area (Å²) in [6.45, 7) is 0.981. The van der Waals surface area contributed by atoms with Crippen LogP contribution in [0.15, 0.2) is 48.5 Å². The van der Waals surface area contributed by atoms with Crippen molar-refractivity contribution in [3.63, 3.8) is 0 Å². The topological polar surface area (TPSA) is 88.1 Å². The van der Waals surface area contributed by atoms with E-state index in [-0.39, 0.29) is 18.2 Å². The Hall–Kier alpha value is -3.22. The molecule has 1 atom stereocenters. The van der Waals surface area contributed by atoms with Crippen molar-refractivity contribution < 1.29 is 24.2 Å². The Bertz CT molecular complexity index is 825. The Kier molecular flexibility index (Phi) is 6.37. The number of rotatable bonds is 7. The summed E-state index contributed by atoms with van der Waals surface area (Å²) >= 11 is 0. The average molecular weight is 384 g/mol. The van der Waals surface area contributed by atoms with Crippen molar-refractivity contribution in [1.82, 2.24) is 10.2 Å². The van der Waals surface area contributed by atoms with Crippen LogP contribution in [-0.4, -0.2) is 48.3 Å². The molecule has 2 aromatic carbocycles. The number of methoxy groups -OCH3 is 1. The lowest BCUT2D eigenvalue weighted by Crippen LogP contribution is -2.53. The number of phenols is 1. The molecule has 7 heteroatoms. The molecule has 0 unspecified atom stereocenters. The average Bonchev–Trinajstić information content (AvgIpc) is 2.72. The molecule has 0 bridgehead atoms. The van der Waals surface area contributed by atoms with Crippen molar-refractivity contribution in [2.75, 3.05) is 20.3 Å². The van der Waals surface area contributed by atoms with Crippen LogP contribution in [0.3, 0.4) is 0 Å². The molecule has 148 valence electrons. The lowest BCUT2D eigenvalue weighted by molar-refractivity contribution is -0.126. The second kappa shape index (κ2) is 9.12. The predicted octanol–water partition coefficient (Wildman–Crippen LogP) is 2.47. The molecule has 1 aliphatic heterocycles. The van der Waals surface area contributed by atoms with Gasteiger partial charge in [-0.15, -0.1) is 0 Å². The van der Waals surface area contributed by atoms with E-state index in [9.17, 15) is 14.7 Å². The number of ether oxygens (including phenoxy) is 2. The largest absolute Gasteiger partial charge is 0.507 e. The van der Waals surface area contributed by atoms with Gasteiger partial charge in [-0.2, -0.15) is 0 Å². The molecule has 0 aliphatic carbocycles. The van der Waals surface area contributed by atoms with Crippen molar-refractivity contribution in [2.45, 2.75) is 25.4 Å². The molecule has 28 heavy (non-hydrogen) atoms. The van der Waals surface area contributed by atoms with Gasteiger partial charge in [0.2, 0.25) is 5.91 Å². The molecule has 0 spiro atoms. The number of phenolic OH excluding ortho intramolecular Hbond substituents is 1. The SMILES string of the molecule is COc1ccc(CNC(=O)[C@@H](Cc2ccccc2)N2CCCOC2=O)c(O)c1. The van der Waals surface area contributed by atoms with Crippen LogP contribution in [0.2, 0.25) is 0 Å². The van der Waals surface area contributed by atoms with Gasteiger partial charge in [-0.05, 0) is 24.1 Å². The fourth-order valence-corrected chi connectivity index (χ4v) is 3.15. The minimum absolute atomic E-state index is 0.0386. The predicted molar refractivity (Wildman–Crippen MR) is 103 cm³/mol. The van der Waals surface area contributed by atoms with Gasteiger partial charge in [0.05, 0.1) is 13.7 Å². The van der Waals surface area contributed by atoms with Crippen LogP contribution in [-0.2, 0) is 22.5 Å². The molecule has 7 nitrogen and oxygen atoms in total. The van der Waals surface area contributed by atoms with Crippen LogP contribution in [0.4, 0.5) is 4.79 Å². The van der Waals surface area contributed by atoms with Crippen LogP contribution in [0.25, 0.3) is 0 Å². The number of benzene rings is 2. The first-order chi connectivity index (χ1) is 13.6. The smallest absolute Gasteiger partial charge is 0.410 e. The zero-order valence-electron chi connectivity index (χ0n) is 15.8. The number of hydrogen-bond acceptors (Lipinski definition) is 5. The van der Waals surface area contributed by atoms with Gasteiger partial charge in [0.25, 0.3) is 0 Å². The molecule has 1 saturated heterocycles. The lowest BCUT2D eigenvalue weighted by atomic mass is 10.0. The van der Waals surface area contributed by atoms with E-state index in [0.717, 1.165) is 5.56 Å². The lowest BCUT2D eigenvalue weighted by Gasteiger charge is -2.33. The van der Waals surface area contributed by atoms with E-state index in [4.69, 9.17) is 9.47 Å². The minimum Gasteiger partial charge on any atom is -0.507 e. The molecule has 2 amide bonds. The molecular formula is C21H24N2O5. The summed E-state index contributed by atoms with van der Waals surface area (Å²) in [5.74, 6) is 0.278. The van der Waals surface area contributed by atoms with Crippen molar-refractivity contribution in [3.05, 3.63) is 59.7 Å². The molecule has 0 aromatic heterocycles. The monoisotopic (exact) mass is 384 g/mol. The Morgan fingerprint density at radius 3 is 2.75 bits per heavy atom. The van der Waals surface area contributed by atoms with E-state index in [1.165, 1.54) is 18.1 Å². The number of amides is 2. The molecule has 0 radical (unpaired) electrons. The van der Waals surface area contributed by atoms with Gasteiger partial charge in [-0.3, -0.25) is 9.69 Å². The molecule has 3 rings (SSSR count). The third-order valence-electron chi connectivity index (χ3n) is 4.70. The van der Waals surface area contributed by atoms with Gasteiger partial charge in [0, 0.05) is 31.1 Å². The van der Waals surface area contributed by atoms with Crippen LogP contribution in [0.1, 0.15) is 17.5 Å². The Labute approximate surface area is 163 Å². The van der Waals surface area contributed by atoms with Gasteiger partial charge in [0.15, 0.2) is 0 Å². The van der Waals surface area contributed by atoms with E-state index < -0.39 is 12.1 Å². The Morgan fingerprint density at radius 1 is 1.29 bits per heavy atom. The highest BCUT2D eigenvalue weighted by Gasteiger charge is 2.32. The van der Waals surface area contributed by atoms with Gasteiger partial charge in [0.1, 0.15) is 17.5 Å². The summed E-state index contributed by atoms with van der Waals surface area (Å²) in [4.78, 5) is 26.6. The summed E-state index contributed by atoms with van der Waals surface area (Å²) in [5.41, 5.74) is 1.52. The molecule has 1 heterocycles. The second-order valence-electron chi connectivity index (χ2n) is 6.58. The first kappa shape index (κ1) is 19.5. The summed E-state index contributed by atoms with van der Waals surface area (Å²) < 4.78 is 10.2. The normalized spacial score (nSPS) is 14.9. The quantitative estimate of drug-likeness (QED) is 0.766. The van der Waals surface area contributed by atoms with Crippen molar-refractivity contribution in [3.8, 4) is 11.5 Å². The zero-order chi connectivity index (χ0) is 19.9. The molecule has 1 aliphatic rings. The molecule has 2 N–H and O–H groups in total. The van der Waals surface area contributed by atoms with Gasteiger partial charge in [-0.1, -0.05) is 30.3 Å². The van der Waals surface area contributed by atoms with Crippen molar-refractivity contribution in [2.24, 2.45) is 0 Å². The van der Waals surface area contributed by atoms with Crippen LogP contribution in [0, 0.1) is 0 Å². The number of nitrogens with zero attached hydrogens (tertiary/aromatic N) is 1. The number of hydrogen-bond donors (Lipinski definition) is 2. The van der Waals surface area contributed by atoms with E-state index in [1.54, 1.807) is 12.1 Å². The van der Waals surface area contributed by atoms with Crippen LogP contribution in [0.5, 0.6) is 11.5 Å². The standard InChI is InChI=1S/C21H24N2O5/c1-27-17-9-8-16(19(24)13-17)14-22-20(25)18(12-15-6-3-2-4-7-15)23-10-5-11-28-21(23)26/h2-4,6-9,13,18,24H,5,10-12,14H2,1H3,(H,22,25)/t18-/m1/s1. The fraction of sp³-hybridized carbons (Fsp3) is 0.333. The molecule has 1 fully saturated rings. The van der Waals surface area contributed by atoms with E-state index in [2.05, 4.69) is 5.32 Å². The third kappa shape index (κ3) is 4.73. The zero-order valence-corrected chi connectivity index (χ0v) is 15.8. The maximum Gasteiger partial charge on any atom is 0.410 e. The second-order valence-corrected chi connectivity index (χ2v) is 6.58. The number of aromatic hydroxyl groups is 1. The highest BCUT2D eigenvalue weighted by Crippen LogP contribution is 2.23. The summed E-state index contributed by atoms with van der Waals surface area (Å²) in [6, 6.07) is 13.7. The molecule has 2 aromatic rings. The first-order valence-corrected chi connectivity index (χ1v) is 9.19. The van der Waals surface area contributed by atoms with Gasteiger partial charge >= 0.3 is 6.09 Å². The minimum atomic E-state index is -0.685. The summed E-state index contributed by atoms with van der Waals surface area (Å²) in [7, 11) is 1.52. The number of cyclic esters (lactones) is 1. The van der Waals surface area contributed by atoms with Crippen LogP contribution >= 0.6 is 0 Å². The Balaban J connectivity index is 1.73. The maximum atomic E-state index is 12.9. The first-order valence-electron chi connectivity index (χ1n) is 9.19. The van der Waals surface area contributed by atoms with Gasteiger partial charge in [-0.25, -0.2) is 4.79 Å². The van der Waals surface area contributed by atoms with Crippen LogP contribution < -0.4 is 10.1 Å². The molecule has 0 saturated carbocycles. The summed E-state index contributed by atoms with van der Waals surface area (Å²) in [5, 5.41) is 12.9. The number of carbonyl (C=O) groups excluding carboxylic acids is 2. The van der Waals surface area contributed by atoms with Crippen molar-refractivity contribution in [1.29, 1.82) is 0 Å².